The van der Waals surface area contributed by atoms with Gasteiger partial charge < -0.3 is 10.8 Å². The summed E-state index contributed by atoms with van der Waals surface area (Å²) in [7, 11) is 1.76. The quantitative estimate of drug-likeness (QED) is 0.843. The third-order valence-electron chi connectivity index (χ3n) is 2.88. The molecule has 17 heavy (non-hydrogen) atoms. The van der Waals surface area contributed by atoms with Crippen molar-refractivity contribution < 1.29 is 5.11 Å². The van der Waals surface area contributed by atoms with E-state index in [0.717, 1.165) is 5.56 Å². The first-order valence-electron chi connectivity index (χ1n) is 5.59. The summed E-state index contributed by atoms with van der Waals surface area (Å²) in [4.78, 5) is 0. The normalized spacial score (nSPS) is 12.6. The van der Waals surface area contributed by atoms with E-state index in [2.05, 4.69) is 11.2 Å². The van der Waals surface area contributed by atoms with Gasteiger partial charge in [-0.25, -0.2) is 0 Å². The molecule has 3 N–H and O–H groups in total. The average molecular weight is 231 g/mol. The Hall–Kier alpha value is -1.81. The molecule has 2 aromatic rings. The second kappa shape index (κ2) is 4.59. The monoisotopic (exact) mass is 231 g/mol. The summed E-state index contributed by atoms with van der Waals surface area (Å²) in [6.07, 6.45) is 1.57. The van der Waals surface area contributed by atoms with Gasteiger partial charge in [0.25, 0.3) is 0 Å². The number of rotatable bonds is 3. The number of nitrogens with zero attached hydrogens (tertiary/aromatic N) is 2. The maximum atomic E-state index is 10.1. The zero-order valence-electron chi connectivity index (χ0n) is 10.1. The van der Waals surface area contributed by atoms with Crippen molar-refractivity contribution in [2.24, 2.45) is 7.05 Å². The van der Waals surface area contributed by atoms with E-state index in [1.807, 2.05) is 25.1 Å². The van der Waals surface area contributed by atoms with Crippen molar-refractivity contribution in [3.63, 3.8) is 0 Å². The van der Waals surface area contributed by atoms with Crippen molar-refractivity contribution in [3.05, 3.63) is 47.2 Å². The number of aromatic nitrogens is 2. The van der Waals surface area contributed by atoms with Gasteiger partial charge in [0.2, 0.25) is 0 Å². The van der Waals surface area contributed by atoms with E-state index >= 15 is 0 Å². The Bertz CT molecular complexity index is 519. The molecule has 0 fully saturated rings. The summed E-state index contributed by atoms with van der Waals surface area (Å²) in [6, 6.07) is 8.09. The van der Waals surface area contributed by atoms with Gasteiger partial charge in [0.1, 0.15) is 5.82 Å². The minimum atomic E-state index is -0.606. The van der Waals surface area contributed by atoms with Crippen LogP contribution in [0, 0.1) is 6.92 Å². The van der Waals surface area contributed by atoms with Crippen LogP contribution in [0.3, 0.4) is 0 Å². The first kappa shape index (κ1) is 11.7. The SMILES string of the molecule is Cc1cccc(CC(O)c2cnn(C)c2N)c1. The minimum absolute atomic E-state index is 0.519. The van der Waals surface area contributed by atoms with E-state index in [9.17, 15) is 5.11 Å². The number of benzene rings is 1. The van der Waals surface area contributed by atoms with E-state index in [1.165, 1.54) is 5.56 Å². The molecule has 0 saturated heterocycles. The molecular formula is C13H17N3O. The van der Waals surface area contributed by atoms with Gasteiger partial charge in [-0.15, -0.1) is 0 Å². The number of aryl methyl sites for hydroxylation is 2. The third-order valence-corrected chi connectivity index (χ3v) is 2.88. The van der Waals surface area contributed by atoms with Crippen molar-refractivity contribution in [2.45, 2.75) is 19.4 Å². The molecule has 0 spiro atoms. The standard InChI is InChI=1S/C13H17N3O/c1-9-4-3-5-10(6-9)7-12(17)11-8-15-16(2)13(11)14/h3-6,8,12,17H,7,14H2,1-2H3. The van der Waals surface area contributed by atoms with Crippen LogP contribution in [0.15, 0.2) is 30.5 Å². The summed E-state index contributed by atoms with van der Waals surface area (Å²) < 4.78 is 1.56. The van der Waals surface area contributed by atoms with Crippen molar-refractivity contribution in [2.75, 3.05) is 5.73 Å². The van der Waals surface area contributed by atoms with Crippen molar-refractivity contribution in [3.8, 4) is 0 Å². The molecule has 0 aliphatic rings. The molecule has 0 amide bonds. The Labute approximate surface area is 101 Å². The van der Waals surface area contributed by atoms with Crippen LogP contribution in [0.2, 0.25) is 0 Å². The molecule has 2 rings (SSSR count). The van der Waals surface area contributed by atoms with Gasteiger partial charge in [-0.05, 0) is 12.5 Å². The highest BCUT2D eigenvalue weighted by atomic mass is 16.3. The van der Waals surface area contributed by atoms with Crippen LogP contribution in [0.1, 0.15) is 22.8 Å². The number of nitrogen functional groups attached to an aromatic ring is 1. The van der Waals surface area contributed by atoms with Gasteiger partial charge in [0, 0.05) is 19.0 Å². The fraction of sp³-hybridized carbons (Fsp3) is 0.308. The lowest BCUT2D eigenvalue weighted by Gasteiger charge is -2.10. The van der Waals surface area contributed by atoms with Gasteiger partial charge in [0.15, 0.2) is 0 Å². The van der Waals surface area contributed by atoms with E-state index < -0.39 is 6.10 Å². The second-order valence-electron chi connectivity index (χ2n) is 4.32. The second-order valence-corrected chi connectivity index (χ2v) is 4.32. The van der Waals surface area contributed by atoms with Gasteiger partial charge in [-0.1, -0.05) is 29.8 Å². The van der Waals surface area contributed by atoms with E-state index in [0.29, 0.717) is 17.8 Å². The molecule has 0 aliphatic heterocycles. The van der Waals surface area contributed by atoms with Crippen LogP contribution in [0.5, 0.6) is 0 Å². The molecule has 4 heteroatoms. The van der Waals surface area contributed by atoms with Crippen LogP contribution in [-0.4, -0.2) is 14.9 Å². The van der Waals surface area contributed by atoms with Gasteiger partial charge in [-0.3, -0.25) is 4.68 Å². The number of aliphatic hydroxyl groups excluding tert-OH is 1. The molecule has 1 aromatic carbocycles. The van der Waals surface area contributed by atoms with E-state index in [1.54, 1.807) is 17.9 Å². The molecule has 1 heterocycles. The molecule has 4 nitrogen and oxygen atoms in total. The molecule has 0 saturated carbocycles. The summed E-state index contributed by atoms with van der Waals surface area (Å²) in [6.45, 7) is 2.04. The van der Waals surface area contributed by atoms with Crippen LogP contribution < -0.4 is 5.73 Å². The molecular weight excluding hydrogens is 214 g/mol. The molecule has 1 aromatic heterocycles. The molecule has 0 bridgehead atoms. The Kier molecular flexibility index (Phi) is 3.15. The molecule has 1 atom stereocenters. The van der Waals surface area contributed by atoms with E-state index in [4.69, 9.17) is 5.73 Å². The highest BCUT2D eigenvalue weighted by Crippen LogP contribution is 2.23. The highest BCUT2D eigenvalue weighted by molar-refractivity contribution is 5.40. The Morgan fingerprint density at radius 1 is 1.47 bits per heavy atom. The maximum Gasteiger partial charge on any atom is 0.127 e. The molecule has 90 valence electrons. The topological polar surface area (TPSA) is 64.1 Å². The number of anilines is 1. The van der Waals surface area contributed by atoms with Gasteiger partial charge >= 0.3 is 0 Å². The fourth-order valence-corrected chi connectivity index (χ4v) is 1.89. The summed E-state index contributed by atoms with van der Waals surface area (Å²) in [5.41, 5.74) is 8.80. The van der Waals surface area contributed by atoms with Crippen LogP contribution in [0.25, 0.3) is 0 Å². The van der Waals surface area contributed by atoms with Gasteiger partial charge in [-0.2, -0.15) is 5.10 Å². The molecule has 1 unspecified atom stereocenters. The summed E-state index contributed by atoms with van der Waals surface area (Å²) in [5.74, 6) is 0.519. The van der Waals surface area contributed by atoms with Gasteiger partial charge in [0.05, 0.1) is 12.3 Å². The Morgan fingerprint density at radius 3 is 2.82 bits per heavy atom. The maximum absolute atomic E-state index is 10.1. The third kappa shape index (κ3) is 2.47. The van der Waals surface area contributed by atoms with Crippen molar-refractivity contribution in [1.82, 2.24) is 9.78 Å². The van der Waals surface area contributed by atoms with Crippen LogP contribution >= 0.6 is 0 Å². The largest absolute Gasteiger partial charge is 0.388 e. The van der Waals surface area contributed by atoms with E-state index in [-0.39, 0.29) is 0 Å². The number of hydrogen-bond acceptors (Lipinski definition) is 3. The number of aliphatic hydroxyl groups is 1. The lowest BCUT2D eigenvalue weighted by molar-refractivity contribution is 0.179. The van der Waals surface area contributed by atoms with Crippen molar-refractivity contribution >= 4 is 5.82 Å². The lowest BCUT2D eigenvalue weighted by atomic mass is 10.0. The summed E-state index contributed by atoms with van der Waals surface area (Å²) in [5, 5.41) is 14.2. The predicted molar refractivity (Wildman–Crippen MR) is 67.5 cm³/mol. The lowest BCUT2D eigenvalue weighted by Crippen LogP contribution is -2.06. The predicted octanol–water partition coefficient (Wildman–Crippen LogP) is 1.59. The fourth-order valence-electron chi connectivity index (χ4n) is 1.89. The molecule has 0 aliphatic carbocycles. The average Bonchev–Trinajstić information content (AvgIpc) is 2.60. The van der Waals surface area contributed by atoms with Crippen molar-refractivity contribution in [1.29, 1.82) is 0 Å². The minimum Gasteiger partial charge on any atom is -0.388 e. The Morgan fingerprint density at radius 2 is 2.24 bits per heavy atom. The Balaban J connectivity index is 2.17. The smallest absolute Gasteiger partial charge is 0.127 e. The van der Waals surface area contributed by atoms with Crippen LogP contribution in [-0.2, 0) is 13.5 Å². The summed E-state index contributed by atoms with van der Waals surface area (Å²) >= 11 is 0. The zero-order valence-corrected chi connectivity index (χ0v) is 10.1. The highest BCUT2D eigenvalue weighted by Gasteiger charge is 2.15. The first-order chi connectivity index (χ1) is 8.08. The number of nitrogens with two attached hydrogens (primary N) is 1. The first-order valence-corrected chi connectivity index (χ1v) is 5.59. The number of hydrogen-bond donors (Lipinski definition) is 2. The zero-order chi connectivity index (χ0) is 12.4. The van der Waals surface area contributed by atoms with Crippen LogP contribution in [0.4, 0.5) is 5.82 Å². The molecule has 0 radical (unpaired) electrons.